The van der Waals surface area contributed by atoms with Crippen molar-refractivity contribution in [3.05, 3.63) is 56.4 Å². The number of aliphatic hydroxyl groups excluding tert-OH is 1. The lowest BCUT2D eigenvalue weighted by molar-refractivity contribution is 0.0902. The van der Waals surface area contributed by atoms with Crippen molar-refractivity contribution in [2.24, 2.45) is 5.92 Å². The molecule has 5 heteroatoms. The van der Waals surface area contributed by atoms with Crippen LogP contribution in [0.2, 0.25) is 0 Å². The van der Waals surface area contributed by atoms with Gasteiger partial charge in [-0.3, -0.25) is 0 Å². The van der Waals surface area contributed by atoms with Crippen LogP contribution in [0.5, 0.6) is 0 Å². The lowest BCUT2D eigenvalue weighted by atomic mass is 9.96. The normalized spacial score (nSPS) is 14.4. The molecule has 1 aromatic heterocycles. The van der Waals surface area contributed by atoms with Gasteiger partial charge in [0.1, 0.15) is 5.82 Å². The summed E-state index contributed by atoms with van der Waals surface area (Å²) in [6.07, 6.45) is -0.789. The zero-order valence-corrected chi connectivity index (χ0v) is 14.5. The van der Waals surface area contributed by atoms with Crippen molar-refractivity contribution in [2.75, 3.05) is 13.6 Å². The second kappa shape index (κ2) is 7.49. The molecule has 1 heterocycles. The van der Waals surface area contributed by atoms with E-state index in [1.165, 1.54) is 11.6 Å². The fraction of sp³-hybridized carbons (Fsp3) is 0.375. The van der Waals surface area contributed by atoms with Crippen molar-refractivity contribution in [3.8, 4) is 0 Å². The highest BCUT2D eigenvalue weighted by Crippen LogP contribution is 2.26. The van der Waals surface area contributed by atoms with Gasteiger partial charge >= 0.3 is 0 Å². The maximum absolute atomic E-state index is 13.7. The molecule has 0 spiro atoms. The summed E-state index contributed by atoms with van der Waals surface area (Å²) in [7, 11) is 2.01. The van der Waals surface area contributed by atoms with E-state index in [-0.39, 0.29) is 11.7 Å². The van der Waals surface area contributed by atoms with E-state index in [0.29, 0.717) is 12.1 Å². The molecule has 0 saturated heterocycles. The summed E-state index contributed by atoms with van der Waals surface area (Å²) in [6, 6.07) is 8.52. The van der Waals surface area contributed by atoms with Gasteiger partial charge < -0.3 is 10.0 Å². The molecule has 0 radical (unpaired) electrons. The zero-order valence-electron chi connectivity index (χ0n) is 12.1. The highest BCUT2D eigenvalue weighted by Gasteiger charge is 2.20. The molecule has 1 N–H and O–H groups in total. The standard InChI is InChI=1S/C16H19BrFNOS/c1-11(16(20)13-5-3-4-6-14(13)18)8-19(2)9-12-7-15(17)21-10-12/h3-7,10-11,16,20H,8-9H2,1-2H3. The molecule has 0 bridgehead atoms. The van der Waals surface area contributed by atoms with Gasteiger partial charge in [-0.05, 0) is 52.0 Å². The predicted octanol–water partition coefficient (Wildman–Crippen LogP) is 4.45. The molecule has 0 amide bonds. The Morgan fingerprint density at radius 2 is 2.10 bits per heavy atom. The first kappa shape index (κ1) is 16.6. The minimum atomic E-state index is -0.789. The molecule has 114 valence electrons. The van der Waals surface area contributed by atoms with Gasteiger partial charge in [0.15, 0.2) is 0 Å². The Morgan fingerprint density at radius 1 is 1.38 bits per heavy atom. The van der Waals surface area contributed by atoms with Gasteiger partial charge in [-0.1, -0.05) is 25.1 Å². The third kappa shape index (κ3) is 4.61. The average Bonchev–Trinajstić information content (AvgIpc) is 2.83. The smallest absolute Gasteiger partial charge is 0.129 e. The van der Waals surface area contributed by atoms with Crippen LogP contribution in [0.25, 0.3) is 0 Å². The summed E-state index contributed by atoms with van der Waals surface area (Å²) >= 11 is 5.11. The summed E-state index contributed by atoms with van der Waals surface area (Å²) in [4.78, 5) is 2.14. The molecule has 0 saturated carbocycles. The van der Waals surface area contributed by atoms with Gasteiger partial charge in [0, 0.05) is 18.7 Å². The van der Waals surface area contributed by atoms with Gasteiger partial charge in [0.05, 0.1) is 9.89 Å². The third-order valence-electron chi connectivity index (χ3n) is 3.44. The Balaban J connectivity index is 1.94. The van der Waals surface area contributed by atoms with E-state index >= 15 is 0 Å². The van der Waals surface area contributed by atoms with Crippen molar-refractivity contribution in [2.45, 2.75) is 19.6 Å². The van der Waals surface area contributed by atoms with Crippen molar-refractivity contribution in [3.63, 3.8) is 0 Å². The fourth-order valence-corrected chi connectivity index (χ4v) is 3.62. The predicted molar refractivity (Wildman–Crippen MR) is 88.9 cm³/mol. The first-order chi connectivity index (χ1) is 9.97. The Kier molecular flexibility index (Phi) is 5.93. The number of benzene rings is 1. The lowest BCUT2D eigenvalue weighted by Gasteiger charge is -2.25. The Hall–Kier alpha value is -0.750. The number of hydrogen-bond acceptors (Lipinski definition) is 3. The number of nitrogens with zero attached hydrogens (tertiary/aromatic N) is 1. The van der Waals surface area contributed by atoms with Crippen LogP contribution in [0, 0.1) is 11.7 Å². The highest BCUT2D eigenvalue weighted by molar-refractivity contribution is 9.11. The minimum Gasteiger partial charge on any atom is -0.388 e. The van der Waals surface area contributed by atoms with E-state index in [9.17, 15) is 9.50 Å². The summed E-state index contributed by atoms with van der Waals surface area (Å²) in [6.45, 7) is 3.45. The fourth-order valence-electron chi connectivity index (χ4n) is 2.42. The SMILES string of the molecule is CC(CN(C)Cc1csc(Br)c1)C(O)c1ccccc1F. The van der Waals surface area contributed by atoms with Gasteiger partial charge in [-0.25, -0.2) is 4.39 Å². The summed E-state index contributed by atoms with van der Waals surface area (Å²) in [5, 5.41) is 12.4. The quantitative estimate of drug-likeness (QED) is 0.810. The molecule has 0 aliphatic rings. The van der Waals surface area contributed by atoms with Crippen LogP contribution >= 0.6 is 27.3 Å². The average molecular weight is 372 g/mol. The van der Waals surface area contributed by atoms with Crippen LogP contribution in [0.1, 0.15) is 24.2 Å². The topological polar surface area (TPSA) is 23.5 Å². The second-order valence-electron chi connectivity index (χ2n) is 5.40. The molecular weight excluding hydrogens is 353 g/mol. The van der Waals surface area contributed by atoms with E-state index in [0.717, 1.165) is 10.3 Å². The molecule has 0 fully saturated rings. The third-order valence-corrected chi connectivity index (χ3v) is 4.99. The molecule has 0 aliphatic heterocycles. The Labute approximate surface area is 137 Å². The largest absolute Gasteiger partial charge is 0.388 e. The first-order valence-electron chi connectivity index (χ1n) is 6.81. The van der Waals surface area contributed by atoms with Gasteiger partial charge in [-0.2, -0.15) is 0 Å². The van der Waals surface area contributed by atoms with Crippen LogP contribution in [0.3, 0.4) is 0 Å². The monoisotopic (exact) mass is 371 g/mol. The first-order valence-corrected chi connectivity index (χ1v) is 8.48. The number of halogens is 2. The highest BCUT2D eigenvalue weighted by atomic mass is 79.9. The number of aliphatic hydroxyl groups is 1. The van der Waals surface area contributed by atoms with Gasteiger partial charge in [0.2, 0.25) is 0 Å². The van der Waals surface area contributed by atoms with Gasteiger partial charge in [0.25, 0.3) is 0 Å². The summed E-state index contributed by atoms with van der Waals surface area (Å²) in [5.41, 5.74) is 1.61. The molecule has 21 heavy (non-hydrogen) atoms. The van der Waals surface area contributed by atoms with Crippen LogP contribution < -0.4 is 0 Å². The summed E-state index contributed by atoms with van der Waals surface area (Å²) < 4.78 is 14.8. The molecular formula is C16H19BrFNOS. The molecule has 2 atom stereocenters. The van der Waals surface area contributed by atoms with E-state index in [1.807, 2.05) is 14.0 Å². The zero-order chi connectivity index (χ0) is 15.4. The number of rotatable bonds is 6. The molecule has 2 rings (SSSR count). The molecule has 1 aromatic carbocycles. The lowest BCUT2D eigenvalue weighted by Crippen LogP contribution is -2.27. The summed E-state index contributed by atoms with van der Waals surface area (Å²) in [5.74, 6) is -0.393. The molecule has 0 aliphatic carbocycles. The maximum Gasteiger partial charge on any atom is 0.129 e. The molecule has 2 unspecified atom stereocenters. The van der Waals surface area contributed by atoms with Crippen LogP contribution in [-0.2, 0) is 6.54 Å². The van der Waals surface area contributed by atoms with E-state index in [4.69, 9.17) is 0 Å². The van der Waals surface area contributed by atoms with Crippen molar-refractivity contribution in [1.29, 1.82) is 0 Å². The minimum absolute atomic E-state index is 0.0472. The number of thiophene rings is 1. The second-order valence-corrected chi connectivity index (χ2v) is 7.69. The maximum atomic E-state index is 13.7. The van der Waals surface area contributed by atoms with E-state index in [2.05, 4.69) is 32.3 Å². The van der Waals surface area contributed by atoms with Crippen molar-refractivity contribution >= 4 is 27.3 Å². The molecule has 2 aromatic rings. The Bertz CT molecular complexity index is 589. The number of hydrogen-bond donors (Lipinski definition) is 1. The van der Waals surface area contributed by atoms with E-state index in [1.54, 1.807) is 29.5 Å². The van der Waals surface area contributed by atoms with Crippen molar-refractivity contribution in [1.82, 2.24) is 4.90 Å². The van der Waals surface area contributed by atoms with Crippen LogP contribution in [0.15, 0.2) is 39.5 Å². The molecule has 2 nitrogen and oxygen atoms in total. The van der Waals surface area contributed by atoms with Crippen molar-refractivity contribution < 1.29 is 9.50 Å². The Morgan fingerprint density at radius 3 is 2.71 bits per heavy atom. The van der Waals surface area contributed by atoms with Crippen LogP contribution in [0.4, 0.5) is 4.39 Å². The van der Waals surface area contributed by atoms with Crippen LogP contribution in [-0.4, -0.2) is 23.6 Å². The van der Waals surface area contributed by atoms with E-state index < -0.39 is 6.10 Å². The van der Waals surface area contributed by atoms with Gasteiger partial charge in [-0.15, -0.1) is 11.3 Å².